The predicted octanol–water partition coefficient (Wildman–Crippen LogP) is 0.488. The third-order valence-electron chi connectivity index (χ3n) is 0.740. The Morgan fingerprint density at radius 1 is 1.56 bits per heavy atom. The maximum atomic E-state index is 10.5. The van der Waals surface area contributed by atoms with Crippen molar-refractivity contribution in [2.24, 2.45) is 0 Å². The van der Waals surface area contributed by atoms with E-state index in [-0.39, 0.29) is 5.78 Å². The molecule has 50 valence electrons. The summed E-state index contributed by atoms with van der Waals surface area (Å²) in [5, 5.41) is 0. The number of carbonyl (C=O) groups is 1. The van der Waals surface area contributed by atoms with Crippen LogP contribution in [0.25, 0.3) is 0 Å². The minimum atomic E-state index is -0.0105. The molecule has 0 unspecified atom stereocenters. The molecule has 0 spiro atoms. The highest BCUT2D eigenvalue weighted by Crippen LogP contribution is 1.76. The number of rotatable bonds is 1. The Bertz CT molecular complexity index is 150. The van der Waals surface area contributed by atoms with Crippen LogP contribution in [0.2, 0.25) is 0 Å². The molecule has 0 aliphatic carbocycles. The molecule has 0 aromatic heterocycles. The van der Waals surface area contributed by atoms with Gasteiger partial charge in [-0.3, -0.25) is 4.79 Å². The van der Waals surface area contributed by atoms with Crippen molar-refractivity contribution < 1.29 is 4.79 Å². The molecule has 0 aromatic carbocycles. The lowest BCUT2D eigenvalue weighted by Crippen LogP contribution is -2.02. The number of Topliss-reactive ketones (excluding diaryl/α,β-unsaturated/α-hetero) is 1. The van der Waals surface area contributed by atoms with Crippen LogP contribution in [0.4, 0.5) is 0 Å². The van der Waals surface area contributed by atoms with Gasteiger partial charge in [0.15, 0.2) is 0 Å². The SMILES string of the molecule is CCC(=O)C#CN(C)C. The van der Waals surface area contributed by atoms with Crippen LogP contribution in [0.1, 0.15) is 13.3 Å². The average molecular weight is 125 g/mol. The second-order valence-corrected chi connectivity index (χ2v) is 1.91. The molecule has 0 heterocycles. The van der Waals surface area contributed by atoms with Crippen LogP contribution in [0, 0.1) is 12.0 Å². The fourth-order valence-corrected chi connectivity index (χ4v) is 0.263. The molecule has 0 radical (unpaired) electrons. The molecule has 2 heteroatoms. The molecule has 0 fully saturated rings. The topological polar surface area (TPSA) is 20.3 Å². The molecular weight excluding hydrogens is 114 g/mol. The fourth-order valence-electron chi connectivity index (χ4n) is 0.263. The van der Waals surface area contributed by atoms with Gasteiger partial charge in [-0.15, -0.1) is 0 Å². The molecule has 0 aliphatic heterocycles. The van der Waals surface area contributed by atoms with Crippen molar-refractivity contribution in [3.63, 3.8) is 0 Å². The Balaban J connectivity index is 3.73. The maximum Gasteiger partial charge on any atom is 0.206 e. The number of ketones is 1. The van der Waals surface area contributed by atoms with Gasteiger partial charge in [-0.1, -0.05) is 6.92 Å². The quantitative estimate of drug-likeness (QED) is 0.375. The first-order chi connectivity index (χ1) is 4.16. The summed E-state index contributed by atoms with van der Waals surface area (Å²) < 4.78 is 0. The lowest BCUT2D eigenvalue weighted by Gasteiger charge is -1.95. The predicted molar refractivity (Wildman–Crippen MR) is 36.8 cm³/mol. The van der Waals surface area contributed by atoms with E-state index < -0.39 is 0 Å². The van der Waals surface area contributed by atoms with Crippen LogP contribution in [-0.4, -0.2) is 24.8 Å². The zero-order valence-electron chi connectivity index (χ0n) is 6.06. The Labute approximate surface area is 55.8 Å². The minimum Gasteiger partial charge on any atom is -0.338 e. The summed E-state index contributed by atoms with van der Waals surface area (Å²) >= 11 is 0. The first kappa shape index (κ1) is 8.03. The number of hydrogen-bond acceptors (Lipinski definition) is 2. The summed E-state index contributed by atoms with van der Waals surface area (Å²) in [5.41, 5.74) is 0. The van der Waals surface area contributed by atoms with E-state index in [1.54, 1.807) is 25.9 Å². The third kappa shape index (κ3) is 4.89. The van der Waals surface area contributed by atoms with Gasteiger partial charge in [0.05, 0.1) is 0 Å². The van der Waals surface area contributed by atoms with Gasteiger partial charge in [0, 0.05) is 26.6 Å². The molecule has 0 saturated carbocycles. The molecule has 0 bridgehead atoms. The van der Waals surface area contributed by atoms with Crippen molar-refractivity contribution in [3.8, 4) is 12.0 Å². The lowest BCUT2D eigenvalue weighted by molar-refractivity contribution is -0.113. The smallest absolute Gasteiger partial charge is 0.206 e. The summed E-state index contributed by atoms with van der Waals surface area (Å²) in [5.74, 6) is 2.46. The fraction of sp³-hybridized carbons (Fsp3) is 0.571. The summed E-state index contributed by atoms with van der Waals surface area (Å²) in [7, 11) is 3.60. The molecule has 0 saturated heterocycles. The highest BCUT2D eigenvalue weighted by molar-refractivity contribution is 5.95. The monoisotopic (exact) mass is 125 g/mol. The van der Waals surface area contributed by atoms with Gasteiger partial charge in [0.1, 0.15) is 0 Å². The van der Waals surface area contributed by atoms with Gasteiger partial charge >= 0.3 is 0 Å². The van der Waals surface area contributed by atoms with E-state index in [2.05, 4.69) is 12.0 Å². The Kier molecular flexibility index (Phi) is 3.54. The minimum absolute atomic E-state index is 0.0105. The van der Waals surface area contributed by atoms with Crippen LogP contribution in [0.15, 0.2) is 0 Å². The van der Waals surface area contributed by atoms with E-state index >= 15 is 0 Å². The number of nitrogens with zero attached hydrogens (tertiary/aromatic N) is 1. The third-order valence-corrected chi connectivity index (χ3v) is 0.740. The number of hydrogen-bond donors (Lipinski definition) is 0. The van der Waals surface area contributed by atoms with Crippen molar-refractivity contribution in [1.82, 2.24) is 4.90 Å². The normalized spacial score (nSPS) is 7.44. The van der Waals surface area contributed by atoms with Crippen LogP contribution in [0.3, 0.4) is 0 Å². The summed E-state index contributed by atoms with van der Waals surface area (Å²) in [6, 6.07) is 2.63. The first-order valence-corrected chi connectivity index (χ1v) is 2.88. The van der Waals surface area contributed by atoms with Gasteiger partial charge < -0.3 is 4.90 Å². The second kappa shape index (κ2) is 3.96. The molecule has 0 aliphatic rings. The first-order valence-electron chi connectivity index (χ1n) is 2.88. The zero-order chi connectivity index (χ0) is 7.28. The van der Waals surface area contributed by atoms with Gasteiger partial charge in [0.25, 0.3) is 0 Å². The molecule has 0 N–H and O–H groups in total. The molecule has 0 amide bonds. The van der Waals surface area contributed by atoms with E-state index in [4.69, 9.17) is 0 Å². The Morgan fingerprint density at radius 3 is 2.44 bits per heavy atom. The van der Waals surface area contributed by atoms with Gasteiger partial charge in [0.2, 0.25) is 5.78 Å². The van der Waals surface area contributed by atoms with Gasteiger partial charge in [-0.05, 0) is 5.92 Å². The highest BCUT2D eigenvalue weighted by Gasteiger charge is 1.86. The molecular formula is C7H11NO. The second-order valence-electron chi connectivity index (χ2n) is 1.91. The zero-order valence-corrected chi connectivity index (χ0v) is 6.06. The molecule has 0 aromatic rings. The van der Waals surface area contributed by atoms with Crippen LogP contribution in [0.5, 0.6) is 0 Å². The van der Waals surface area contributed by atoms with Crippen LogP contribution in [-0.2, 0) is 4.79 Å². The summed E-state index contributed by atoms with van der Waals surface area (Å²) in [6.45, 7) is 1.80. The highest BCUT2D eigenvalue weighted by atomic mass is 16.1. The van der Waals surface area contributed by atoms with E-state index in [0.717, 1.165) is 0 Å². The largest absolute Gasteiger partial charge is 0.338 e. The summed E-state index contributed by atoms with van der Waals surface area (Å²) in [6.07, 6.45) is 0.501. The number of carbonyl (C=O) groups excluding carboxylic acids is 1. The van der Waals surface area contributed by atoms with E-state index in [1.807, 2.05) is 0 Å². The van der Waals surface area contributed by atoms with E-state index in [0.29, 0.717) is 6.42 Å². The van der Waals surface area contributed by atoms with Gasteiger partial charge in [-0.2, -0.15) is 0 Å². The maximum absolute atomic E-state index is 10.5. The van der Waals surface area contributed by atoms with E-state index in [9.17, 15) is 4.79 Å². The Morgan fingerprint density at radius 2 is 2.11 bits per heavy atom. The lowest BCUT2D eigenvalue weighted by atomic mass is 10.3. The standard InChI is InChI=1S/C7H11NO/c1-4-7(9)5-6-8(2)3/h4H2,1-3H3. The van der Waals surface area contributed by atoms with Crippen molar-refractivity contribution in [2.45, 2.75) is 13.3 Å². The molecule has 2 nitrogen and oxygen atoms in total. The molecule has 0 rings (SSSR count). The molecule has 0 atom stereocenters. The van der Waals surface area contributed by atoms with Crippen molar-refractivity contribution in [2.75, 3.05) is 14.1 Å². The van der Waals surface area contributed by atoms with E-state index in [1.165, 1.54) is 0 Å². The average Bonchev–Trinajstić information content (AvgIpc) is 1.83. The van der Waals surface area contributed by atoms with Crippen LogP contribution >= 0.6 is 0 Å². The van der Waals surface area contributed by atoms with Crippen molar-refractivity contribution in [1.29, 1.82) is 0 Å². The van der Waals surface area contributed by atoms with Crippen LogP contribution < -0.4 is 0 Å². The van der Waals surface area contributed by atoms with Crippen molar-refractivity contribution >= 4 is 5.78 Å². The summed E-state index contributed by atoms with van der Waals surface area (Å²) in [4.78, 5) is 12.2. The Hall–Kier alpha value is -0.970. The molecule has 9 heavy (non-hydrogen) atoms. The van der Waals surface area contributed by atoms with Crippen molar-refractivity contribution in [3.05, 3.63) is 0 Å². The van der Waals surface area contributed by atoms with Gasteiger partial charge in [-0.25, -0.2) is 0 Å².